The fourth-order valence-corrected chi connectivity index (χ4v) is 6.07. The summed E-state index contributed by atoms with van der Waals surface area (Å²) in [5.41, 5.74) is 3.13. The van der Waals surface area contributed by atoms with E-state index in [0.29, 0.717) is 25.1 Å². The number of carbonyl (C=O) groups is 2. The molecule has 0 saturated heterocycles. The molecule has 1 atom stereocenters. The molecule has 1 unspecified atom stereocenters. The topological polar surface area (TPSA) is 86.8 Å². The fourth-order valence-electron chi connectivity index (χ4n) is 4.60. The van der Waals surface area contributed by atoms with Gasteiger partial charge in [-0.3, -0.25) is 13.9 Å². The highest BCUT2D eigenvalue weighted by molar-refractivity contribution is 7.92. The normalized spacial score (nSPS) is 12.0. The number of para-hydroxylation sites is 1. The summed E-state index contributed by atoms with van der Waals surface area (Å²) in [4.78, 5) is 28.9. The number of nitrogens with zero attached hydrogens (tertiary/aromatic N) is 2. The maximum absolute atomic E-state index is 14.1. The largest absolute Gasteiger partial charge is 0.354 e. The molecule has 0 aliphatic carbocycles. The van der Waals surface area contributed by atoms with Crippen molar-refractivity contribution in [3.63, 3.8) is 0 Å². The maximum atomic E-state index is 14.1. The maximum Gasteiger partial charge on any atom is 0.264 e. The van der Waals surface area contributed by atoms with Crippen LogP contribution in [-0.4, -0.2) is 50.8 Å². The minimum Gasteiger partial charge on any atom is -0.354 e. The molecule has 3 rings (SSSR count). The van der Waals surface area contributed by atoms with Crippen molar-refractivity contribution < 1.29 is 18.0 Å². The van der Waals surface area contributed by atoms with Crippen LogP contribution < -0.4 is 9.62 Å². The quantitative estimate of drug-likeness (QED) is 0.271. The van der Waals surface area contributed by atoms with Gasteiger partial charge in [0.1, 0.15) is 12.6 Å². The summed E-state index contributed by atoms with van der Waals surface area (Å²) in [5, 5.41) is 2.96. The van der Waals surface area contributed by atoms with E-state index >= 15 is 0 Å². The van der Waals surface area contributed by atoms with E-state index in [0.717, 1.165) is 29.5 Å². The summed E-state index contributed by atoms with van der Waals surface area (Å²) >= 11 is 0. The molecule has 8 heteroatoms. The number of benzene rings is 3. The van der Waals surface area contributed by atoms with Crippen LogP contribution in [0.4, 0.5) is 5.69 Å². The lowest BCUT2D eigenvalue weighted by molar-refractivity contribution is -0.139. The highest BCUT2D eigenvalue weighted by Gasteiger charge is 2.33. The predicted molar refractivity (Wildman–Crippen MR) is 161 cm³/mol. The monoisotopic (exact) mass is 563 g/mol. The summed E-state index contributed by atoms with van der Waals surface area (Å²) in [6.07, 6.45) is 2.74. The van der Waals surface area contributed by atoms with E-state index in [1.807, 2.05) is 70.2 Å². The zero-order chi connectivity index (χ0) is 29.1. The van der Waals surface area contributed by atoms with E-state index in [-0.39, 0.29) is 17.3 Å². The van der Waals surface area contributed by atoms with Crippen molar-refractivity contribution in [2.24, 2.45) is 0 Å². The Kier molecular flexibility index (Phi) is 11.3. The van der Waals surface area contributed by atoms with E-state index in [9.17, 15) is 18.0 Å². The number of hydrogen-bond donors (Lipinski definition) is 1. The molecule has 0 radical (unpaired) electrons. The highest BCUT2D eigenvalue weighted by Crippen LogP contribution is 2.27. The van der Waals surface area contributed by atoms with Gasteiger partial charge < -0.3 is 10.2 Å². The molecule has 2 amide bonds. The molecular formula is C32H41N3O4S. The Morgan fingerprint density at radius 3 is 2.15 bits per heavy atom. The van der Waals surface area contributed by atoms with Crippen molar-refractivity contribution >= 4 is 27.5 Å². The van der Waals surface area contributed by atoms with E-state index in [2.05, 4.69) is 5.32 Å². The summed E-state index contributed by atoms with van der Waals surface area (Å²) < 4.78 is 29.1. The summed E-state index contributed by atoms with van der Waals surface area (Å²) in [5.74, 6) is -0.645. The Morgan fingerprint density at radius 1 is 0.875 bits per heavy atom. The number of carbonyl (C=O) groups excluding carboxylic acids is 2. The lowest BCUT2D eigenvalue weighted by atomic mass is 10.1. The number of anilines is 1. The van der Waals surface area contributed by atoms with Crippen LogP contribution >= 0.6 is 0 Å². The van der Waals surface area contributed by atoms with Gasteiger partial charge in [0, 0.05) is 13.1 Å². The van der Waals surface area contributed by atoms with Gasteiger partial charge in [-0.15, -0.1) is 0 Å². The van der Waals surface area contributed by atoms with Gasteiger partial charge in [-0.25, -0.2) is 8.42 Å². The van der Waals surface area contributed by atoms with E-state index < -0.39 is 28.5 Å². The fraction of sp³-hybridized carbons (Fsp3) is 0.375. The molecule has 40 heavy (non-hydrogen) atoms. The van der Waals surface area contributed by atoms with E-state index in [1.165, 1.54) is 4.31 Å². The standard InChI is InChI=1S/C32H41N3O4S/c1-5-7-22-33-32(37)29(6-2)34(23-21-27-14-9-8-10-15-27)31(36)24-35(30-16-12-11-13-26(30)4)40(38,39)28-19-17-25(3)18-20-28/h8-20,29H,5-7,21-24H2,1-4H3,(H,33,37). The van der Waals surface area contributed by atoms with Crippen molar-refractivity contribution in [2.45, 2.75) is 64.3 Å². The minimum absolute atomic E-state index is 0.106. The second kappa shape index (κ2) is 14.7. The average molecular weight is 564 g/mol. The number of sulfonamides is 1. The highest BCUT2D eigenvalue weighted by atomic mass is 32.2. The second-order valence-electron chi connectivity index (χ2n) is 10.0. The molecular weight excluding hydrogens is 522 g/mol. The Bertz CT molecular complexity index is 1360. The Hall–Kier alpha value is -3.65. The van der Waals surface area contributed by atoms with Crippen LogP contribution in [0.3, 0.4) is 0 Å². The molecule has 1 N–H and O–H groups in total. The Balaban J connectivity index is 1.99. The van der Waals surface area contributed by atoms with E-state index in [1.54, 1.807) is 41.3 Å². The zero-order valence-electron chi connectivity index (χ0n) is 24.0. The summed E-state index contributed by atoms with van der Waals surface area (Å²) in [6, 6.07) is 22.8. The number of aryl methyl sites for hydroxylation is 2. The molecule has 214 valence electrons. The van der Waals surface area contributed by atoms with Crippen molar-refractivity contribution in [3.8, 4) is 0 Å². The van der Waals surface area contributed by atoms with Gasteiger partial charge >= 0.3 is 0 Å². The van der Waals surface area contributed by atoms with Crippen LogP contribution in [0.2, 0.25) is 0 Å². The molecule has 0 aliphatic rings. The number of nitrogens with one attached hydrogen (secondary N) is 1. The molecule has 0 fully saturated rings. The van der Waals surface area contributed by atoms with Crippen LogP contribution in [0.15, 0.2) is 83.8 Å². The number of amides is 2. The van der Waals surface area contributed by atoms with Crippen LogP contribution in [0.1, 0.15) is 49.8 Å². The molecule has 0 bridgehead atoms. The Morgan fingerprint density at radius 2 is 1.52 bits per heavy atom. The molecule has 0 spiro atoms. The Labute approximate surface area is 239 Å². The lowest BCUT2D eigenvalue weighted by Crippen LogP contribution is -2.53. The molecule has 7 nitrogen and oxygen atoms in total. The van der Waals surface area contributed by atoms with Crippen molar-refractivity contribution in [1.82, 2.24) is 10.2 Å². The van der Waals surface area contributed by atoms with Gasteiger partial charge in [0.2, 0.25) is 11.8 Å². The van der Waals surface area contributed by atoms with Crippen LogP contribution in [0, 0.1) is 13.8 Å². The first-order valence-corrected chi connectivity index (χ1v) is 15.4. The minimum atomic E-state index is -4.07. The number of unbranched alkanes of at least 4 members (excludes halogenated alkanes) is 1. The zero-order valence-corrected chi connectivity index (χ0v) is 24.8. The first kappa shape index (κ1) is 30.9. The molecule has 0 aromatic heterocycles. The third kappa shape index (κ3) is 7.94. The van der Waals surface area contributed by atoms with Crippen LogP contribution in [0.5, 0.6) is 0 Å². The van der Waals surface area contributed by atoms with Crippen molar-refractivity contribution in [2.75, 3.05) is 23.9 Å². The second-order valence-corrected chi connectivity index (χ2v) is 11.9. The van der Waals surface area contributed by atoms with Gasteiger partial charge in [-0.1, -0.05) is 86.5 Å². The molecule has 0 saturated carbocycles. The first-order chi connectivity index (χ1) is 19.2. The van der Waals surface area contributed by atoms with Crippen molar-refractivity contribution in [3.05, 3.63) is 95.6 Å². The smallest absolute Gasteiger partial charge is 0.264 e. The third-order valence-electron chi connectivity index (χ3n) is 6.97. The van der Waals surface area contributed by atoms with Gasteiger partial charge in [-0.05, 0) is 62.4 Å². The third-order valence-corrected chi connectivity index (χ3v) is 8.75. The molecule has 0 aliphatic heterocycles. The van der Waals surface area contributed by atoms with Crippen molar-refractivity contribution in [1.29, 1.82) is 0 Å². The lowest BCUT2D eigenvalue weighted by Gasteiger charge is -2.33. The molecule has 3 aromatic rings. The van der Waals surface area contributed by atoms with Gasteiger partial charge in [-0.2, -0.15) is 0 Å². The SMILES string of the molecule is CCCCNC(=O)C(CC)N(CCc1ccccc1)C(=O)CN(c1ccccc1C)S(=O)(=O)c1ccc(C)cc1. The van der Waals surface area contributed by atoms with Gasteiger partial charge in [0.15, 0.2) is 0 Å². The number of hydrogen-bond acceptors (Lipinski definition) is 4. The average Bonchev–Trinajstić information content (AvgIpc) is 2.95. The van der Waals surface area contributed by atoms with E-state index in [4.69, 9.17) is 0 Å². The van der Waals surface area contributed by atoms with Gasteiger partial charge in [0.05, 0.1) is 10.6 Å². The summed E-state index contributed by atoms with van der Waals surface area (Å²) in [6.45, 7) is 8.02. The molecule has 0 heterocycles. The molecule has 3 aromatic carbocycles. The number of rotatable bonds is 14. The summed E-state index contributed by atoms with van der Waals surface area (Å²) in [7, 11) is -4.07. The van der Waals surface area contributed by atoms with Crippen LogP contribution in [-0.2, 0) is 26.0 Å². The van der Waals surface area contributed by atoms with Crippen LogP contribution in [0.25, 0.3) is 0 Å². The van der Waals surface area contributed by atoms with Gasteiger partial charge in [0.25, 0.3) is 10.0 Å². The predicted octanol–water partition coefficient (Wildman–Crippen LogP) is 5.26. The first-order valence-electron chi connectivity index (χ1n) is 13.9.